The maximum atomic E-state index is 12.9. The molecule has 6 heteroatoms. The predicted octanol–water partition coefficient (Wildman–Crippen LogP) is 4.18. The molecule has 130 valence electrons. The zero-order chi connectivity index (χ0) is 18.4. The van der Waals surface area contributed by atoms with Gasteiger partial charge in [0.15, 0.2) is 0 Å². The van der Waals surface area contributed by atoms with Crippen molar-refractivity contribution in [3.05, 3.63) is 77.9 Å². The van der Waals surface area contributed by atoms with E-state index in [0.29, 0.717) is 5.56 Å². The van der Waals surface area contributed by atoms with E-state index in [2.05, 4.69) is 28.6 Å². The highest BCUT2D eigenvalue weighted by molar-refractivity contribution is 9.09. The van der Waals surface area contributed by atoms with Crippen molar-refractivity contribution < 1.29 is 8.42 Å². The van der Waals surface area contributed by atoms with Crippen LogP contribution in [0.4, 0.5) is 0 Å². The molecule has 0 heterocycles. The number of sulfonamides is 1. The molecule has 0 radical (unpaired) electrons. The van der Waals surface area contributed by atoms with Gasteiger partial charge in [0.1, 0.15) is 0 Å². The Hall–Kier alpha value is -1.94. The lowest BCUT2D eigenvalue weighted by molar-refractivity contribution is 0.444. The molecule has 0 saturated carbocycles. The molecular weight excluding hydrogens is 400 g/mol. The van der Waals surface area contributed by atoms with E-state index < -0.39 is 10.0 Å². The van der Waals surface area contributed by atoms with Gasteiger partial charge in [-0.3, -0.25) is 0 Å². The van der Waals surface area contributed by atoms with E-state index in [4.69, 9.17) is 5.26 Å². The molecule has 0 amide bonds. The third kappa shape index (κ3) is 4.79. The summed E-state index contributed by atoms with van der Waals surface area (Å²) in [5, 5.41) is 8.87. The van der Waals surface area contributed by atoms with Crippen LogP contribution in [0.5, 0.6) is 0 Å². The predicted molar refractivity (Wildman–Crippen MR) is 103 cm³/mol. The zero-order valence-electron chi connectivity index (χ0n) is 13.9. The molecule has 4 nitrogen and oxygen atoms in total. The van der Waals surface area contributed by atoms with Gasteiger partial charge >= 0.3 is 0 Å². The summed E-state index contributed by atoms with van der Waals surface area (Å²) >= 11 is 3.56. The van der Waals surface area contributed by atoms with Crippen molar-refractivity contribution >= 4 is 26.0 Å². The monoisotopic (exact) mass is 418 g/mol. The van der Waals surface area contributed by atoms with Crippen LogP contribution in [0, 0.1) is 18.3 Å². The summed E-state index contributed by atoms with van der Waals surface area (Å²) in [5.74, 6) is 0. The van der Waals surface area contributed by atoms with Crippen molar-refractivity contribution in [2.24, 2.45) is 0 Å². The first-order valence-electron chi connectivity index (χ1n) is 7.70. The van der Waals surface area contributed by atoms with Crippen LogP contribution in [-0.2, 0) is 10.0 Å². The number of benzene rings is 2. The number of hydrogen-bond donors (Lipinski definition) is 0. The minimum atomic E-state index is -3.62. The van der Waals surface area contributed by atoms with Gasteiger partial charge in [-0.1, -0.05) is 51.8 Å². The molecule has 0 spiro atoms. The molecule has 1 unspecified atom stereocenters. The summed E-state index contributed by atoms with van der Waals surface area (Å²) in [6.45, 7) is 6.06. The second-order valence-electron chi connectivity index (χ2n) is 5.63. The Kier molecular flexibility index (Phi) is 6.54. The Labute approximate surface area is 157 Å². The van der Waals surface area contributed by atoms with Crippen molar-refractivity contribution in [1.29, 1.82) is 5.26 Å². The fourth-order valence-corrected chi connectivity index (χ4v) is 4.60. The maximum Gasteiger partial charge on any atom is 0.243 e. The van der Waals surface area contributed by atoms with Crippen molar-refractivity contribution in [2.75, 3.05) is 13.1 Å². The van der Waals surface area contributed by atoms with Gasteiger partial charge in [0.25, 0.3) is 0 Å². The molecule has 1 atom stereocenters. The molecule has 0 bridgehead atoms. The topological polar surface area (TPSA) is 61.2 Å². The smallest absolute Gasteiger partial charge is 0.207 e. The van der Waals surface area contributed by atoms with Crippen molar-refractivity contribution in [2.45, 2.75) is 16.6 Å². The van der Waals surface area contributed by atoms with Crippen LogP contribution in [0.2, 0.25) is 0 Å². The zero-order valence-corrected chi connectivity index (χ0v) is 16.3. The van der Waals surface area contributed by atoms with Crippen LogP contribution in [0.1, 0.15) is 21.5 Å². The van der Waals surface area contributed by atoms with E-state index in [1.807, 2.05) is 19.1 Å². The number of alkyl halides is 1. The average molecular weight is 419 g/mol. The summed E-state index contributed by atoms with van der Waals surface area (Å²) in [5.41, 5.74) is 2.48. The van der Waals surface area contributed by atoms with Gasteiger partial charge in [0, 0.05) is 13.1 Å². The molecule has 0 aromatic heterocycles. The first kappa shape index (κ1) is 19.4. The van der Waals surface area contributed by atoms with Gasteiger partial charge in [0.05, 0.1) is 21.4 Å². The van der Waals surface area contributed by atoms with Crippen molar-refractivity contribution in [1.82, 2.24) is 4.31 Å². The number of nitrogens with zero attached hydrogens (tertiary/aromatic N) is 2. The molecule has 0 fully saturated rings. The fourth-order valence-electron chi connectivity index (χ4n) is 2.32. The molecule has 0 aliphatic rings. The Bertz CT molecular complexity index is 869. The van der Waals surface area contributed by atoms with E-state index in [1.54, 1.807) is 42.5 Å². The quantitative estimate of drug-likeness (QED) is 0.500. The molecule has 0 N–H and O–H groups in total. The summed E-state index contributed by atoms with van der Waals surface area (Å²) in [6.07, 6.45) is 1.57. The number of aryl methyl sites for hydroxylation is 1. The van der Waals surface area contributed by atoms with Gasteiger partial charge in [-0.25, -0.2) is 8.42 Å². The van der Waals surface area contributed by atoms with Crippen LogP contribution in [0.25, 0.3) is 0 Å². The standard InChI is InChI=1S/C19H19BrN2O2S/c1-3-12-22(25(23,24)18-10-4-15(2)5-11-18)14-19(20)17-8-6-16(13-21)7-9-17/h3-11,19H,1,12,14H2,2H3. The molecule has 0 aliphatic carbocycles. The second kappa shape index (κ2) is 8.43. The van der Waals surface area contributed by atoms with Crippen LogP contribution in [-0.4, -0.2) is 25.8 Å². The minimum absolute atomic E-state index is 0.194. The van der Waals surface area contributed by atoms with E-state index >= 15 is 0 Å². The van der Waals surface area contributed by atoms with Crippen molar-refractivity contribution in [3.8, 4) is 6.07 Å². The lowest BCUT2D eigenvalue weighted by Crippen LogP contribution is -2.33. The SMILES string of the molecule is C=CCN(CC(Br)c1ccc(C#N)cc1)S(=O)(=O)c1ccc(C)cc1. The Morgan fingerprint density at radius 3 is 2.32 bits per heavy atom. The van der Waals surface area contributed by atoms with Crippen molar-refractivity contribution in [3.63, 3.8) is 0 Å². The highest BCUT2D eigenvalue weighted by atomic mass is 79.9. The summed E-state index contributed by atoms with van der Waals surface area (Å²) in [7, 11) is -3.62. The van der Waals surface area contributed by atoms with Crippen LogP contribution >= 0.6 is 15.9 Å². The summed E-state index contributed by atoms with van der Waals surface area (Å²) < 4.78 is 27.2. The number of halogens is 1. The lowest BCUT2D eigenvalue weighted by atomic mass is 10.1. The molecule has 2 aromatic rings. The Morgan fingerprint density at radius 1 is 1.20 bits per heavy atom. The summed E-state index contributed by atoms with van der Waals surface area (Å²) in [6, 6.07) is 15.9. The van der Waals surface area contributed by atoms with Crippen LogP contribution in [0.15, 0.2) is 66.1 Å². The lowest BCUT2D eigenvalue weighted by Gasteiger charge is -2.24. The maximum absolute atomic E-state index is 12.9. The summed E-state index contributed by atoms with van der Waals surface area (Å²) in [4.78, 5) is 0.0693. The van der Waals surface area contributed by atoms with Gasteiger partial charge < -0.3 is 0 Å². The number of hydrogen-bond acceptors (Lipinski definition) is 3. The minimum Gasteiger partial charge on any atom is -0.207 e. The first-order chi connectivity index (χ1) is 11.9. The van der Waals surface area contributed by atoms with E-state index in [-0.39, 0.29) is 22.8 Å². The third-order valence-corrected chi connectivity index (χ3v) is 6.42. The van der Waals surface area contributed by atoms with Gasteiger partial charge in [-0.15, -0.1) is 6.58 Å². The number of rotatable bonds is 7. The Balaban J connectivity index is 2.25. The number of nitriles is 1. The van der Waals surface area contributed by atoms with Gasteiger partial charge in [-0.2, -0.15) is 9.57 Å². The first-order valence-corrected chi connectivity index (χ1v) is 10.1. The fraction of sp³-hybridized carbons (Fsp3) is 0.211. The highest BCUT2D eigenvalue weighted by Gasteiger charge is 2.26. The largest absolute Gasteiger partial charge is 0.243 e. The Morgan fingerprint density at radius 2 is 1.80 bits per heavy atom. The molecule has 0 aliphatic heterocycles. The van der Waals surface area contributed by atoms with E-state index in [1.165, 1.54) is 4.31 Å². The molecule has 0 saturated heterocycles. The van der Waals surface area contributed by atoms with Gasteiger partial charge in [0.2, 0.25) is 10.0 Å². The van der Waals surface area contributed by atoms with E-state index in [0.717, 1.165) is 11.1 Å². The molecule has 2 rings (SSSR count). The average Bonchev–Trinajstić information content (AvgIpc) is 2.61. The normalized spacial score (nSPS) is 12.6. The van der Waals surface area contributed by atoms with Gasteiger partial charge in [-0.05, 0) is 36.8 Å². The van der Waals surface area contributed by atoms with Crippen LogP contribution < -0.4 is 0 Å². The molecule has 25 heavy (non-hydrogen) atoms. The molecular formula is C19H19BrN2O2S. The molecule has 2 aromatic carbocycles. The van der Waals surface area contributed by atoms with E-state index in [9.17, 15) is 8.42 Å². The third-order valence-electron chi connectivity index (χ3n) is 3.76. The second-order valence-corrected chi connectivity index (χ2v) is 8.67. The highest BCUT2D eigenvalue weighted by Crippen LogP contribution is 2.27. The van der Waals surface area contributed by atoms with Crippen LogP contribution in [0.3, 0.4) is 0 Å².